The van der Waals surface area contributed by atoms with Gasteiger partial charge in [0.1, 0.15) is 5.82 Å². The van der Waals surface area contributed by atoms with Gasteiger partial charge in [-0.3, -0.25) is 4.79 Å². The summed E-state index contributed by atoms with van der Waals surface area (Å²) in [6.07, 6.45) is 8.52. The second kappa shape index (κ2) is 4.17. The van der Waals surface area contributed by atoms with Gasteiger partial charge in [0.05, 0.1) is 11.6 Å². The number of rotatable bonds is 2. The van der Waals surface area contributed by atoms with E-state index in [1.54, 1.807) is 6.20 Å². The van der Waals surface area contributed by atoms with E-state index in [-0.39, 0.29) is 5.92 Å². The largest absolute Gasteiger partial charge is 0.481 e. The Morgan fingerprint density at radius 1 is 1.29 bits per heavy atom. The van der Waals surface area contributed by atoms with Crippen LogP contribution in [0.4, 0.5) is 0 Å². The molecular formula is C13H18N2O2. The molecule has 1 aromatic rings. The normalized spacial score (nSPS) is 24.8. The number of aromatic nitrogens is 2. The second-order valence-corrected chi connectivity index (χ2v) is 5.21. The van der Waals surface area contributed by atoms with Crippen LogP contribution >= 0.6 is 0 Å². The first-order chi connectivity index (χ1) is 8.27. The van der Waals surface area contributed by atoms with E-state index in [1.807, 2.05) is 0 Å². The predicted octanol–water partition coefficient (Wildman–Crippen LogP) is 2.50. The van der Waals surface area contributed by atoms with Crippen LogP contribution < -0.4 is 0 Å². The van der Waals surface area contributed by atoms with Gasteiger partial charge in [-0.2, -0.15) is 0 Å². The lowest BCUT2D eigenvalue weighted by Crippen LogP contribution is -2.23. The van der Waals surface area contributed by atoms with Gasteiger partial charge >= 0.3 is 5.97 Å². The van der Waals surface area contributed by atoms with E-state index in [2.05, 4.69) is 9.55 Å². The van der Waals surface area contributed by atoms with Crippen LogP contribution in [-0.4, -0.2) is 20.6 Å². The monoisotopic (exact) mass is 234 g/mol. The minimum Gasteiger partial charge on any atom is -0.481 e. The molecule has 1 atom stereocenters. The maximum Gasteiger partial charge on any atom is 0.312 e. The van der Waals surface area contributed by atoms with Gasteiger partial charge in [0.15, 0.2) is 0 Å². The van der Waals surface area contributed by atoms with E-state index in [9.17, 15) is 9.90 Å². The average molecular weight is 234 g/mol. The van der Waals surface area contributed by atoms with Gasteiger partial charge in [0.2, 0.25) is 0 Å². The predicted molar refractivity (Wildman–Crippen MR) is 63.0 cm³/mol. The standard InChI is InChI=1S/C13H18N2O2/c16-13(17)10-6-3-7-15-11(10)8-14-12(15)9-4-1-2-5-9/h8-10H,1-7H2,(H,16,17). The van der Waals surface area contributed by atoms with E-state index in [1.165, 1.54) is 25.7 Å². The number of hydrogen-bond acceptors (Lipinski definition) is 2. The van der Waals surface area contributed by atoms with Crippen LogP contribution in [0.5, 0.6) is 0 Å². The second-order valence-electron chi connectivity index (χ2n) is 5.21. The maximum atomic E-state index is 11.2. The van der Waals surface area contributed by atoms with Crippen molar-refractivity contribution in [3.63, 3.8) is 0 Å². The van der Waals surface area contributed by atoms with Crippen molar-refractivity contribution in [1.82, 2.24) is 9.55 Å². The zero-order chi connectivity index (χ0) is 11.8. The minimum absolute atomic E-state index is 0.341. The third-order valence-electron chi connectivity index (χ3n) is 4.17. The molecule has 0 radical (unpaired) electrons. The van der Waals surface area contributed by atoms with E-state index in [0.717, 1.165) is 30.9 Å². The molecule has 1 saturated carbocycles. The Labute approximate surface area is 101 Å². The van der Waals surface area contributed by atoms with Gasteiger partial charge < -0.3 is 9.67 Å². The number of fused-ring (bicyclic) bond motifs is 1. The Morgan fingerprint density at radius 3 is 2.76 bits per heavy atom. The fourth-order valence-corrected chi connectivity index (χ4v) is 3.29. The third-order valence-corrected chi connectivity index (χ3v) is 4.17. The molecule has 2 heterocycles. The fraction of sp³-hybridized carbons (Fsp3) is 0.692. The quantitative estimate of drug-likeness (QED) is 0.855. The highest BCUT2D eigenvalue weighted by molar-refractivity contribution is 5.75. The van der Waals surface area contributed by atoms with Crippen LogP contribution in [0, 0.1) is 0 Å². The molecule has 0 saturated heterocycles. The van der Waals surface area contributed by atoms with Crippen LogP contribution in [-0.2, 0) is 11.3 Å². The van der Waals surface area contributed by atoms with Crippen LogP contribution in [0.1, 0.15) is 61.9 Å². The molecular weight excluding hydrogens is 216 g/mol. The minimum atomic E-state index is -0.705. The van der Waals surface area contributed by atoms with Gasteiger partial charge in [-0.15, -0.1) is 0 Å². The molecule has 4 heteroatoms. The molecule has 1 N–H and O–H groups in total. The summed E-state index contributed by atoms with van der Waals surface area (Å²) >= 11 is 0. The van der Waals surface area contributed by atoms with Crippen LogP contribution in [0.15, 0.2) is 6.20 Å². The van der Waals surface area contributed by atoms with Crippen molar-refractivity contribution in [3.05, 3.63) is 17.7 Å². The van der Waals surface area contributed by atoms with Crippen LogP contribution in [0.25, 0.3) is 0 Å². The summed E-state index contributed by atoms with van der Waals surface area (Å²) in [6, 6.07) is 0. The molecule has 92 valence electrons. The van der Waals surface area contributed by atoms with Crippen molar-refractivity contribution in [2.75, 3.05) is 0 Å². The number of carboxylic acids is 1. The molecule has 1 aliphatic heterocycles. The summed E-state index contributed by atoms with van der Waals surface area (Å²) in [5, 5.41) is 9.22. The SMILES string of the molecule is O=C(O)C1CCCn2c1cnc2C1CCCC1. The summed E-state index contributed by atoms with van der Waals surface area (Å²) < 4.78 is 2.18. The van der Waals surface area contributed by atoms with E-state index >= 15 is 0 Å². The number of hydrogen-bond donors (Lipinski definition) is 1. The van der Waals surface area contributed by atoms with Crippen molar-refractivity contribution in [1.29, 1.82) is 0 Å². The molecule has 1 aromatic heterocycles. The van der Waals surface area contributed by atoms with Crippen molar-refractivity contribution in [2.45, 2.75) is 56.9 Å². The molecule has 1 fully saturated rings. The number of aliphatic carboxylic acids is 1. The Morgan fingerprint density at radius 2 is 2.06 bits per heavy atom. The molecule has 17 heavy (non-hydrogen) atoms. The van der Waals surface area contributed by atoms with E-state index < -0.39 is 5.97 Å². The topological polar surface area (TPSA) is 55.1 Å². The summed E-state index contributed by atoms with van der Waals surface area (Å²) in [4.78, 5) is 15.7. The Bertz CT molecular complexity index is 433. The number of imidazole rings is 1. The third kappa shape index (κ3) is 1.75. The highest BCUT2D eigenvalue weighted by Crippen LogP contribution is 2.37. The average Bonchev–Trinajstić information content (AvgIpc) is 2.96. The van der Waals surface area contributed by atoms with E-state index in [0.29, 0.717) is 5.92 Å². The van der Waals surface area contributed by atoms with Gasteiger partial charge in [-0.25, -0.2) is 4.98 Å². The summed E-state index contributed by atoms with van der Waals surface area (Å²) in [5.74, 6) is 0.662. The molecule has 2 aliphatic rings. The first-order valence-corrected chi connectivity index (χ1v) is 6.55. The first-order valence-electron chi connectivity index (χ1n) is 6.55. The molecule has 0 amide bonds. The molecule has 0 bridgehead atoms. The molecule has 0 spiro atoms. The van der Waals surface area contributed by atoms with Gasteiger partial charge in [0.25, 0.3) is 0 Å². The van der Waals surface area contributed by atoms with Crippen molar-refractivity contribution in [3.8, 4) is 0 Å². The molecule has 1 aliphatic carbocycles. The summed E-state index contributed by atoms with van der Waals surface area (Å²) in [5.41, 5.74) is 0.922. The van der Waals surface area contributed by atoms with Crippen molar-refractivity contribution < 1.29 is 9.90 Å². The Balaban J connectivity index is 1.95. The summed E-state index contributed by atoms with van der Waals surface area (Å²) in [6.45, 7) is 0.949. The molecule has 3 rings (SSSR count). The zero-order valence-electron chi connectivity index (χ0n) is 9.93. The number of carboxylic acid groups (broad SMARTS) is 1. The number of carbonyl (C=O) groups is 1. The van der Waals surface area contributed by atoms with Gasteiger partial charge in [-0.05, 0) is 25.7 Å². The van der Waals surface area contributed by atoms with Gasteiger partial charge in [0, 0.05) is 18.7 Å². The van der Waals surface area contributed by atoms with Crippen LogP contribution in [0.3, 0.4) is 0 Å². The smallest absolute Gasteiger partial charge is 0.312 e. The van der Waals surface area contributed by atoms with E-state index in [4.69, 9.17) is 0 Å². The lowest BCUT2D eigenvalue weighted by atomic mass is 9.96. The lowest BCUT2D eigenvalue weighted by Gasteiger charge is -2.23. The number of nitrogens with zero attached hydrogens (tertiary/aromatic N) is 2. The highest BCUT2D eigenvalue weighted by Gasteiger charge is 2.31. The Hall–Kier alpha value is -1.32. The Kier molecular flexibility index (Phi) is 2.65. The summed E-state index contributed by atoms with van der Waals surface area (Å²) in [7, 11) is 0. The van der Waals surface area contributed by atoms with Crippen molar-refractivity contribution in [2.24, 2.45) is 0 Å². The van der Waals surface area contributed by atoms with Crippen molar-refractivity contribution >= 4 is 5.97 Å². The zero-order valence-corrected chi connectivity index (χ0v) is 9.93. The van der Waals surface area contributed by atoms with Gasteiger partial charge in [-0.1, -0.05) is 12.8 Å². The highest BCUT2D eigenvalue weighted by atomic mass is 16.4. The molecule has 4 nitrogen and oxygen atoms in total. The molecule has 0 aromatic carbocycles. The van der Waals surface area contributed by atoms with Crippen LogP contribution in [0.2, 0.25) is 0 Å². The first kappa shape index (κ1) is 10.8. The molecule has 1 unspecified atom stereocenters. The maximum absolute atomic E-state index is 11.2. The fourth-order valence-electron chi connectivity index (χ4n) is 3.29. The lowest BCUT2D eigenvalue weighted by molar-refractivity contribution is -0.139.